The summed E-state index contributed by atoms with van der Waals surface area (Å²) < 4.78 is 5.11. The monoisotopic (exact) mass is 414 g/mol. The second-order valence-electron chi connectivity index (χ2n) is 7.32. The summed E-state index contributed by atoms with van der Waals surface area (Å²) in [4.78, 5) is 18.8. The number of carbonyl (C=O) groups is 1. The maximum Gasteiger partial charge on any atom is 0.291 e. The lowest BCUT2D eigenvalue weighted by atomic mass is 10.00. The van der Waals surface area contributed by atoms with E-state index in [1.165, 1.54) is 17.4 Å². The SMILES string of the molecule is CN=C(NCc1ccc(NC(=O)c2ccco2)cc1)N1CC=C(c2ccccc2)CC1. The number of hydrogen-bond donors (Lipinski definition) is 2. The van der Waals surface area contributed by atoms with Crippen LogP contribution in [0.1, 0.15) is 28.1 Å². The normalized spacial score (nSPS) is 14.2. The Morgan fingerprint density at radius 3 is 2.52 bits per heavy atom. The second-order valence-corrected chi connectivity index (χ2v) is 7.32. The highest BCUT2D eigenvalue weighted by Crippen LogP contribution is 2.22. The van der Waals surface area contributed by atoms with Crippen molar-refractivity contribution in [3.63, 3.8) is 0 Å². The molecule has 0 fully saturated rings. The van der Waals surface area contributed by atoms with Crippen molar-refractivity contribution in [2.24, 2.45) is 4.99 Å². The first-order valence-corrected chi connectivity index (χ1v) is 10.4. The van der Waals surface area contributed by atoms with Crippen LogP contribution >= 0.6 is 0 Å². The minimum Gasteiger partial charge on any atom is -0.459 e. The highest BCUT2D eigenvalue weighted by atomic mass is 16.3. The number of aliphatic imine (C=N–C) groups is 1. The standard InChI is InChI=1S/C25H26N4O2/c1-26-25(29-15-13-21(14-16-29)20-6-3-2-4-7-20)27-18-19-9-11-22(12-10-19)28-24(30)23-8-5-17-31-23/h2-13,17H,14-16,18H2,1H3,(H,26,27)(H,28,30). The van der Waals surface area contributed by atoms with Gasteiger partial charge in [0, 0.05) is 32.4 Å². The van der Waals surface area contributed by atoms with Crippen molar-refractivity contribution in [2.45, 2.75) is 13.0 Å². The van der Waals surface area contributed by atoms with Gasteiger partial charge in [-0.25, -0.2) is 0 Å². The molecule has 0 unspecified atom stereocenters. The molecular formula is C25H26N4O2. The van der Waals surface area contributed by atoms with Crippen LogP contribution in [0.2, 0.25) is 0 Å². The molecule has 0 aliphatic carbocycles. The van der Waals surface area contributed by atoms with Crippen molar-refractivity contribution in [3.8, 4) is 0 Å². The molecule has 158 valence electrons. The lowest BCUT2D eigenvalue weighted by Gasteiger charge is -2.29. The summed E-state index contributed by atoms with van der Waals surface area (Å²) in [7, 11) is 1.81. The first-order valence-electron chi connectivity index (χ1n) is 10.4. The average Bonchev–Trinajstić information content (AvgIpc) is 3.37. The van der Waals surface area contributed by atoms with E-state index in [1.807, 2.05) is 37.4 Å². The Balaban J connectivity index is 1.30. The number of anilines is 1. The largest absolute Gasteiger partial charge is 0.459 e. The van der Waals surface area contributed by atoms with Crippen LogP contribution in [0.15, 0.2) is 88.5 Å². The van der Waals surface area contributed by atoms with Crippen LogP contribution in [0.3, 0.4) is 0 Å². The molecule has 1 aromatic heterocycles. The molecule has 4 rings (SSSR count). The van der Waals surface area contributed by atoms with Gasteiger partial charge < -0.3 is 20.0 Å². The van der Waals surface area contributed by atoms with E-state index in [-0.39, 0.29) is 5.91 Å². The third-order valence-corrected chi connectivity index (χ3v) is 5.27. The van der Waals surface area contributed by atoms with Crippen LogP contribution in [0.5, 0.6) is 0 Å². The van der Waals surface area contributed by atoms with Crippen LogP contribution in [-0.4, -0.2) is 36.9 Å². The van der Waals surface area contributed by atoms with Gasteiger partial charge in [0.1, 0.15) is 0 Å². The van der Waals surface area contributed by atoms with Crippen molar-refractivity contribution >= 4 is 23.1 Å². The second kappa shape index (κ2) is 9.80. The molecular weight excluding hydrogens is 388 g/mol. The van der Waals surface area contributed by atoms with Crippen LogP contribution in [0.4, 0.5) is 5.69 Å². The van der Waals surface area contributed by atoms with Gasteiger partial charge in [0.2, 0.25) is 0 Å². The molecule has 2 heterocycles. The zero-order valence-electron chi connectivity index (χ0n) is 17.5. The van der Waals surface area contributed by atoms with E-state index in [0.29, 0.717) is 12.3 Å². The number of carbonyl (C=O) groups excluding carboxylic acids is 1. The van der Waals surface area contributed by atoms with E-state index in [0.717, 1.165) is 36.7 Å². The molecule has 31 heavy (non-hydrogen) atoms. The van der Waals surface area contributed by atoms with Gasteiger partial charge >= 0.3 is 0 Å². The summed E-state index contributed by atoms with van der Waals surface area (Å²) in [5.74, 6) is 0.920. The van der Waals surface area contributed by atoms with E-state index in [4.69, 9.17) is 4.42 Å². The van der Waals surface area contributed by atoms with Crippen molar-refractivity contribution in [1.29, 1.82) is 0 Å². The number of guanidine groups is 1. The fourth-order valence-electron chi connectivity index (χ4n) is 3.60. The summed E-state index contributed by atoms with van der Waals surface area (Å²) >= 11 is 0. The number of benzene rings is 2. The Labute approximate surface area is 182 Å². The van der Waals surface area contributed by atoms with Crippen molar-refractivity contribution < 1.29 is 9.21 Å². The van der Waals surface area contributed by atoms with Gasteiger partial charge in [0.05, 0.1) is 6.26 Å². The molecule has 0 saturated carbocycles. The first-order chi connectivity index (χ1) is 15.2. The third-order valence-electron chi connectivity index (χ3n) is 5.27. The molecule has 0 atom stereocenters. The minimum atomic E-state index is -0.260. The molecule has 1 aliphatic heterocycles. The van der Waals surface area contributed by atoms with Crippen LogP contribution < -0.4 is 10.6 Å². The summed E-state index contributed by atoms with van der Waals surface area (Å²) in [5, 5.41) is 6.26. The minimum absolute atomic E-state index is 0.260. The molecule has 0 radical (unpaired) electrons. The van der Waals surface area contributed by atoms with E-state index in [9.17, 15) is 4.79 Å². The number of amides is 1. The van der Waals surface area contributed by atoms with Crippen LogP contribution in [-0.2, 0) is 6.54 Å². The average molecular weight is 415 g/mol. The topological polar surface area (TPSA) is 69.9 Å². The molecule has 2 N–H and O–H groups in total. The quantitative estimate of drug-likeness (QED) is 0.480. The van der Waals surface area contributed by atoms with Gasteiger partial charge in [-0.15, -0.1) is 0 Å². The lowest BCUT2D eigenvalue weighted by molar-refractivity contribution is 0.0996. The summed E-state index contributed by atoms with van der Waals surface area (Å²) in [6.45, 7) is 2.42. The molecule has 0 saturated heterocycles. The molecule has 0 bridgehead atoms. The number of furan rings is 1. The number of nitrogens with zero attached hydrogens (tertiary/aromatic N) is 2. The van der Waals surface area contributed by atoms with Crippen molar-refractivity contribution in [2.75, 3.05) is 25.5 Å². The Hall–Kier alpha value is -3.80. The van der Waals surface area contributed by atoms with Gasteiger partial charge in [-0.3, -0.25) is 9.79 Å². The fourth-order valence-corrected chi connectivity index (χ4v) is 3.60. The van der Waals surface area contributed by atoms with Gasteiger partial charge in [-0.1, -0.05) is 48.5 Å². The molecule has 1 aliphatic rings. The molecule has 0 spiro atoms. The van der Waals surface area contributed by atoms with Gasteiger partial charge in [0.25, 0.3) is 5.91 Å². The highest BCUT2D eigenvalue weighted by molar-refractivity contribution is 6.02. The molecule has 2 aromatic carbocycles. The zero-order chi connectivity index (χ0) is 21.5. The number of hydrogen-bond acceptors (Lipinski definition) is 3. The number of nitrogens with one attached hydrogen (secondary N) is 2. The molecule has 6 heteroatoms. The van der Waals surface area contributed by atoms with Gasteiger partial charge in [-0.2, -0.15) is 0 Å². The smallest absolute Gasteiger partial charge is 0.291 e. The fraction of sp³-hybridized carbons (Fsp3) is 0.200. The van der Waals surface area contributed by atoms with E-state index in [2.05, 4.69) is 50.9 Å². The Morgan fingerprint density at radius 2 is 1.87 bits per heavy atom. The van der Waals surface area contributed by atoms with E-state index in [1.54, 1.807) is 12.1 Å². The first kappa shape index (κ1) is 20.5. The van der Waals surface area contributed by atoms with Gasteiger partial charge in [-0.05, 0) is 47.4 Å². The van der Waals surface area contributed by atoms with Gasteiger partial charge in [0.15, 0.2) is 11.7 Å². The van der Waals surface area contributed by atoms with Crippen molar-refractivity contribution in [3.05, 3.63) is 96.0 Å². The maximum atomic E-state index is 12.1. The predicted molar refractivity (Wildman–Crippen MR) is 124 cm³/mol. The Kier molecular flexibility index (Phi) is 6.47. The summed E-state index contributed by atoms with van der Waals surface area (Å²) in [5.41, 5.74) is 4.52. The Morgan fingerprint density at radius 1 is 1.06 bits per heavy atom. The molecule has 6 nitrogen and oxygen atoms in total. The third kappa shape index (κ3) is 5.22. The predicted octanol–water partition coefficient (Wildman–Crippen LogP) is 4.40. The van der Waals surface area contributed by atoms with E-state index < -0.39 is 0 Å². The number of rotatable bonds is 5. The van der Waals surface area contributed by atoms with Crippen molar-refractivity contribution in [1.82, 2.24) is 10.2 Å². The summed E-state index contributed by atoms with van der Waals surface area (Å²) in [6, 6.07) is 21.6. The maximum absolute atomic E-state index is 12.1. The lowest BCUT2D eigenvalue weighted by Crippen LogP contribution is -2.43. The summed E-state index contributed by atoms with van der Waals surface area (Å²) in [6.07, 6.45) is 4.76. The molecule has 3 aromatic rings. The molecule has 1 amide bonds. The Bertz CT molecular complexity index is 1050. The zero-order valence-corrected chi connectivity index (χ0v) is 17.5. The van der Waals surface area contributed by atoms with Crippen LogP contribution in [0, 0.1) is 0 Å². The highest BCUT2D eigenvalue weighted by Gasteiger charge is 2.16. The van der Waals surface area contributed by atoms with Crippen LogP contribution in [0.25, 0.3) is 5.57 Å². The van der Waals surface area contributed by atoms with E-state index >= 15 is 0 Å².